The first kappa shape index (κ1) is 69.8. The SMILES string of the molecule is CC/C=C\C/C=C\C/C=C\C/C=C\C/C=C\C/C=C\CCCCCCCCCCCCCCCCCCCCC(=O)OC(CO)COC(=O)CCCCCC/C=C\C/C=C\C/C=C\C/C=C\C/C=C\C/C=C\CC. The number of ether oxygens (including phenoxy) is 2. The number of hydrogen-bond donors (Lipinski definition) is 1. The maximum absolute atomic E-state index is 12.3. The van der Waals surface area contributed by atoms with E-state index in [2.05, 4.69) is 160 Å². The molecule has 0 saturated heterocycles. The maximum Gasteiger partial charge on any atom is 0.306 e. The molecule has 1 N–H and O–H groups in total. The highest BCUT2D eigenvalue weighted by atomic mass is 16.6. The highest BCUT2D eigenvalue weighted by Gasteiger charge is 2.16. The summed E-state index contributed by atoms with van der Waals surface area (Å²) in [7, 11) is 0. The normalized spacial score (nSPS) is 13.3. The molecule has 5 nitrogen and oxygen atoms in total. The molecule has 0 bridgehead atoms. The third-order valence-electron chi connectivity index (χ3n) is 12.6. The van der Waals surface area contributed by atoms with Crippen molar-refractivity contribution >= 4 is 11.9 Å². The van der Waals surface area contributed by atoms with Gasteiger partial charge in [0.25, 0.3) is 0 Å². The first-order valence-corrected chi connectivity index (χ1v) is 30.4. The number of carbonyl (C=O) groups excluding carboxylic acids is 2. The van der Waals surface area contributed by atoms with Gasteiger partial charge in [0.15, 0.2) is 6.10 Å². The van der Waals surface area contributed by atoms with Gasteiger partial charge >= 0.3 is 11.9 Å². The monoisotopic (exact) mass is 1020 g/mol. The average molecular weight is 1020 g/mol. The molecule has 1 unspecified atom stereocenters. The summed E-state index contributed by atoms with van der Waals surface area (Å²) in [5.74, 6) is -0.622. The Morgan fingerprint density at radius 1 is 0.311 bits per heavy atom. The summed E-state index contributed by atoms with van der Waals surface area (Å²) in [5.41, 5.74) is 0. The molecule has 0 spiro atoms. The van der Waals surface area contributed by atoms with Crippen LogP contribution in [-0.4, -0.2) is 36.4 Å². The van der Waals surface area contributed by atoms with Crippen LogP contribution in [0.3, 0.4) is 0 Å². The van der Waals surface area contributed by atoms with Gasteiger partial charge in [0.2, 0.25) is 0 Å². The molecule has 0 aliphatic heterocycles. The van der Waals surface area contributed by atoms with Gasteiger partial charge in [-0.2, -0.15) is 0 Å². The number of hydrogen-bond acceptors (Lipinski definition) is 5. The molecular formula is C69H112O5. The Balaban J connectivity index is 3.53. The lowest BCUT2D eigenvalue weighted by Crippen LogP contribution is -2.28. The van der Waals surface area contributed by atoms with Crippen molar-refractivity contribution in [2.45, 2.75) is 264 Å². The average Bonchev–Trinajstić information content (AvgIpc) is 3.40. The molecule has 0 rings (SSSR count). The van der Waals surface area contributed by atoms with Crippen molar-refractivity contribution in [2.24, 2.45) is 0 Å². The van der Waals surface area contributed by atoms with E-state index in [1.165, 1.54) is 103 Å². The van der Waals surface area contributed by atoms with Crippen LogP contribution in [0.15, 0.2) is 146 Å². The smallest absolute Gasteiger partial charge is 0.306 e. The molecule has 0 aromatic rings. The Bertz CT molecular complexity index is 1580. The summed E-state index contributed by atoms with van der Waals surface area (Å²) in [6.07, 6.45) is 95.5. The van der Waals surface area contributed by atoms with E-state index in [-0.39, 0.29) is 25.2 Å². The van der Waals surface area contributed by atoms with Gasteiger partial charge in [0.1, 0.15) is 6.61 Å². The van der Waals surface area contributed by atoms with E-state index in [0.29, 0.717) is 12.8 Å². The fourth-order valence-electron chi connectivity index (χ4n) is 8.15. The van der Waals surface area contributed by atoms with E-state index < -0.39 is 6.10 Å². The van der Waals surface area contributed by atoms with Crippen LogP contribution in [0, 0.1) is 0 Å². The number of rotatable bonds is 54. The second kappa shape index (κ2) is 63.1. The summed E-state index contributed by atoms with van der Waals surface area (Å²) >= 11 is 0. The molecule has 0 amide bonds. The zero-order chi connectivity index (χ0) is 53.4. The minimum absolute atomic E-state index is 0.0858. The van der Waals surface area contributed by atoms with Gasteiger partial charge in [-0.3, -0.25) is 9.59 Å². The van der Waals surface area contributed by atoms with Crippen molar-refractivity contribution in [2.75, 3.05) is 13.2 Å². The largest absolute Gasteiger partial charge is 0.462 e. The third kappa shape index (κ3) is 60.3. The van der Waals surface area contributed by atoms with Crippen LogP contribution in [0.5, 0.6) is 0 Å². The predicted octanol–water partition coefficient (Wildman–Crippen LogP) is 21.0. The van der Waals surface area contributed by atoms with Crippen molar-refractivity contribution < 1.29 is 24.2 Å². The minimum atomic E-state index is -0.793. The molecule has 0 aliphatic carbocycles. The summed E-state index contributed by atoms with van der Waals surface area (Å²) in [4.78, 5) is 24.6. The van der Waals surface area contributed by atoms with Gasteiger partial charge in [-0.1, -0.05) is 275 Å². The van der Waals surface area contributed by atoms with E-state index >= 15 is 0 Å². The Morgan fingerprint density at radius 3 is 0.811 bits per heavy atom. The fourth-order valence-corrected chi connectivity index (χ4v) is 8.15. The van der Waals surface area contributed by atoms with E-state index in [4.69, 9.17) is 9.47 Å². The van der Waals surface area contributed by atoms with Crippen LogP contribution in [0.4, 0.5) is 0 Å². The molecule has 418 valence electrons. The van der Waals surface area contributed by atoms with Crippen LogP contribution >= 0.6 is 0 Å². The van der Waals surface area contributed by atoms with Crippen molar-refractivity contribution in [3.63, 3.8) is 0 Å². The zero-order valence-electron chi connectivity index (χ0n) is 47.8. The van der Waals surface area contributed by atoms with Crippen LogP contribution in [-0.2, 0) is 19.1 Å². The third-order valence-corrected chi connectivity index (χ3v) is 12.6. The van der Waals surface area contributed by atoms with Crippen molar-refractivity contribution in [3.05, 3.63) is 146 Å². The highest BCUT2D eigenvalue weighted by Crippen LogP contribution is 2.16. The second-order valence-electron chi connectivity index (χ2n) is 19.7. The van der Waals surface area contributed by atoms with Gasteiger partial charge in [0.05, 0.1) is 6.61 Å². The molecular weight excluding hydrogens is 909 g/mol. The standard InChI is InChI=1S/C69H112O5/c1-3-5-7-9-11-13-15-17-19-21-23-25-27-28-29-30-31-32-33-34-35-36-37-38-39-40-42-44-46-48-50-52-54-56-58-60-62-64-69(72)74-67(65-70)66-73-68(71)63-61-59-57-55-53-51-49-47-45-43-41-26-24-22-20-18-16-14-12-10-8-6-4-2/h5-8,11-14,17-20,23-26,28-29,31-32,43,45,49,51,67,70H,3-4,9-10,15-16,21-22,27,30,33-42,44,46-48,50,52-66H2,1-2H3/b7-5-,8-6-,13-11-,14-12-,19-17-,20-18-,25-23-,26-24-,29-28-,32-31-,45-43-,51-49-. The Kier molecular flexibility index (Phi) is 59.5. The predicted molar refractivity (Wildman–Crippen MR) is 324 cm³/mol. The van der Waals surface area contributed by atoms with E-state index in [1.807, 2.05) is 0 Å². The molecule has 1 atom stereocenters. The zero-order valence-corrected chi connectivity index (χ0v) is 47.8. The number of aliphatic hydroxyl groups excluding tert-OH is 1. The molecule has 0 aliphatic rings. The number of aliphatic hydroxyl groups is 1. The minimum Gasteiger partial charge on any atom is -0.462 e. The molecule has 0 radical (unpaired) electrons. The molecule has 74 heavy (non-hydrogen) atoms. The van der Waals surface area contributed by atoms with Crippen LogP contribution in [0.2, 0.25) is 0 Å². The summed E-state index contributed by atoms with van der Waals surface area (Å²) < 4.78 is 10.7. The van der Waals surface area contributed by atoms with E-state index in [1.54, 1.807) is 0 Å². The Morgan fingerprint density at radius 2 is 0.541 bits per heavy atom. The van der Waals surface area contributed by atoms with Crippen molar-refractivity contribution in [1.29, 1.82) is 0 Å². The topological polar surface area (TPSA) is 72.8 Å². The molecule has 5 heteroatoms. The van der Waals surface area contributed by atoms with E-state index in [0.717, 1.165) is 128 Å². The molecule has 0 aromatic heterocycles. The quantitative estimate of drug-likeness (QED) is 0.0373. The summed E-state index contributed by atoms with van der Waals surface area (Å²) in [6, 6.07) is 0. The fraction of sp³-hybridized carbons (Fsp3) is 0.623. The number of unbranched alkanes of at least 4 members (excludes halogenated alkanes) is 22. The lowest BCUT2D eigenvalue weighted by Gasteiger charge is -2.15. The lowest BCUT2D eigenvalue weighted by atomic mass is 10.0. The van der Waals surface area contributed by atoms with Crippen molar-refractivity contribution in [1.82, 2.24) is 0 Å². The van der Waals surface area contributed by atoms with Gasteiger partial charge < -0.3 is 14.6 Å². The second-order valence-corrected chi connectivity index (χ2v) is 19.7. The number of allylic oxidation sites excluding steroid dienone is 24. The Labute approximate surface area is 457 Å². The highest BCUT2D eigenvalue weighted by molar-refractivity contribution is 5.70. The van der Waals surface area contributed by atoms with Crippen LogP contribution in [0.1, 0.15) is 258 Å². The lowest BCUT2D eigenvalue weighted by molar-refractivity contribution is -0.161. The summed E-state index contributed by atoms with van der Waals surface area (Å²) in [6.45, 7) is 3.89. The van der Waals surface area contributed by atoms with Gasteiger partial charge in [-0.15, -0.1) is 0 Å². The first-order valence-electron chi connectivity index (χ1n) is 30.4. The van der Waals surface area contributed by atoms with Crippen LogP contribution < -0.4 is 0 Å². The Hall–Kier alpha value is -4.22. The first-order chi connectivity index (χ1) is 36.6. The van der Waals surface area contributed by atoms with Crippen molar-refractivity contribution in [3.8, 4) is 0 Å². The molecule has 0 aromatic carbocycles. The number of esters is 2. The summed E-state index contributed by atoms with van der Waals surface area (Å²) in [5, 5.41) is 9.67. The van der Waals surface area contributed by atoms with Gasteiger partial charge in [-0.05, 0) is 116 Å². The number of carbonyl (C=O) groups is 2. The van der Waals surface area contributed by atoms with Gasteiger partial charge in [0, 0.05) is 12.8 Å². The van der Waals surface area contributed by atoms with Gasteiger partial charge in [-0.25, -0.2) is 0 Å². The van der Waals surface area contributed by atoms with E-state index in [9.17, 15) is 14.7 Å². The molecule has 0 fully saturated rings. The molecule has 0 heterocycles. The molecule has 0 saturated carbocycles. The maximum atomic E-state index is 12.3. The van der Waals surface area contributed by atoms with Crippen LogP contribution in [0.25, 0.3) is 0 Å².